The number of hydrogen-bond acceptors (Lipinski definition) is 7. The fourth-order valence-corrected chi connectivity index (χ4v) is 2.74. The average molecular weight is 284 g/mol. The lowest BCUT2D eigenvalue weighted by Crippen LogP contribution is -2.20. The summed E-state index contributed by atoms with van der Waals surface area (Å²) in [6.45, 7) is 2.57. The zero-order chi connectivity index (χ0) is 13.1. The SMILES string of the molecule is Cc1cnc(CNc2nc(C(N)C(=O)O)cs2)s1. The number of nitrogens with two attached hydrogens (primary N) is 1. The molecule has 8 heteroatoms. The average Bonchev–Trinajstić information content (AvgIpc) is 2.94. The van der Waals surface area contributed by atoms with Crippen LogP contribution in [0.4, 0.5) is 5.13 Å². The topological polar surface area (TPSA) is 101 Å². The summed E-state index contributed by atoms with van der Waals surface area (Å²) < 4.78 is 0. The minimum Gasteiger partial charge on any atom is -0.480 e. The highest BCUT2D eigenvalue weighted by Crippen LogP contribution is 2.21. The van der Waals surface area contributed by atoms with Crippen LogP contribution in [0.5, 0.6) is 0 Å². The molecule has 2 rings (SSSR count). The van der Waals surface area contributed by atoms with Crippen molar-refractivity contribution in [2.24, 2.45) is 5.73 Å². The van der Waals surface area contributed by atoms with Gasteiger partial charge in [-0.2, -0.15) is 0 Å². The van der Waals surface area contributed by atoms with Crippen LogP contribution >= 0.6 is 22.7 Å². The molecule has 0 aliphatic carbocycles. The number of carbonyl (C=O) groups is 1. The van der Waals surface area contributed by atoms with Crippen molar-refractivity contribution in [2.75, 3.05) is 5.32 Å². The Balaban J connectivity index is 1.96. The molecule has 0 bridgehead atoms. The Morgan fingerprint density at radius 2 is 2.44 bits per heavy atom. The van der Waals surface area contributed by atoms with Gasteiger partial charge in [-0.1, -0.05) is 0 Å². The van der Waals surface area contributed by atoms with Crippen LogP contribution in [-0.4, -0.2) is 21.0 Å². The second kappa shape index (κ2) is 5.42. The van der Waals surface area contributed by atoms with E-state index < -0.39 is 12.0 Å². The standard InChI is InChI=1S/C10H12N4O2S2/c1-5-2-12-7(18-5)3-13-10-14-6(4-17-10)8(11)9(15)16/h2,4,8H,3,11H2,1H3,(H,13,14)(H,15,16). The summed E-state index contributed by atoms with van der Waals surface area (Å²) in [6.07, 6.45) is 1.81. The molecule has 1 atom stereocenters. The largest absolute Gasteiger partial charge is 0.480 e. The van der Waals surface area contributed by atoms with Gasteiger partial charge in [0.1, 0.15) is 11.0 Å². The van der Waals surface area contributed by atoms with Crippen LogP contribution in [0.25, 0.3) is 0 Å². The fraction of sp³-hybridized carbons (Fsp3) is 0.300. The lowest BCUT2D eigenvalue weighted by atomic mass is 10.2. The molecule has 2 heterocycles. The molecular formula is C10H12N4O2S2. The van der Waals surface area contributed by atoms with Gasteiger partial charge in [0.25, 0.3) is 0 Å². The van der Waals surface area contributed by atoms with Crippen LogP contribution in [0.1, 0.15) is 21.6 Å². The molecule has 2 aromatic rings. The van der Waals surface area contributed by atoms with Crippen molar-refractivity contribution < 1.29 is 9.90 Å². The predicted molar refractivity (Wildman–Crippen MR) is 70.9 cm³/mol. The fourth-order valence-electron chi connectivity index (χ4n) is 1.27. The minimum atomic E-state index is -1.08. The summed E-state index contributed by atoms with van der Waals surface area (Å²) in [6, 6.07) is -1.07. The molecule has 6 nitrogen and oxygen atoms in total. The third-order valence-electron chi connectivity index (χ3n) is 2.17. The number of rotatable bonds is 5. The van der Waals surface area contributed by atoms with Crippen molar-refractivity contribution in [3.63, 3.8) is 0 Å². The highest BCUT2D eigenvalue weighted by atomic mass is 32.1. The first-order chi connectivity index (χ1) is 8.56. The number of aromatic nitrogens is 2. The van der Waals surface area contributed by atoms with Crippen molar-refractivity contribution in [1.29, 1.82) is 0 Å². The summed E-state index contributed by atoms with van der Waals surface area (Å²) in [7, 11) is 0. The Kier molecular flexibility index (Phi) is 3.90. The maximum atomic E-state index is 10.7. The highest BCUT2D eigenvalue weighted by Gasteiger charge is 2.17. The maximum Gasteiger partial charge on any atom is 0.326 e. The molecule has 0 radical (unpaired) electrons. The van der Waals surface area contributed by atoms with E-state index in [1.807, 2.05) is 13.1 Å². The first-order valence-corrected chi connectivity index (χ1v) is 6.85. The van der Waals surface area contributed by atoms with Gasteiger partial charge < -0.3 is 16.2 Å². The molecule has 0 aliphatic heterocycles. The van der Waals surface area contributed by atoms with Crippen molar-refractivity contribution in [3.8, 4) is 0 Å². The van der Waals surface area contributed by atoms with E-state index in [1.54, 1.807) is 16.7 Å². The Morgan fingerprint density at radius 1 is 1.67 bits per heavy atom. The Morgan fingerprint density at radius 3 is 3.06 bits per heavy atom. The molecule has 0 fully saturated rings. The third-order valence-corrected chi connectivity index (χ3v) is 3.90. The molecule has 0 saturated heterocycles. The summed E-state index contributed by atoms with van der Waals surface area (Å²) >= 11 is 2.94. The number of anilines is 1. The summed E-state index contributed by atoms with van der Waals surface area (Å²) in [5.74, 6) is -1.08. The van der Waals surface area contributed by atoms with Gasteiger partial charge >= 0.3 is 5.97 Å². The Labute approximate surface area is 112 Å². The molecule has 1 unspecified atom stereocenters. The molecule has 4 N–H and O–H groups in total. The van der Waals surface area contributed by atoms with E-state index in [4.69, 9.17) is 10.8 Å². The van der Waals surface area contributed by atoms with Gasteiger partial charge in [0.15, 0.2) is 5.13 Å². The number of carboxylic acids is 1. The van der Waals surface area contributed by atoms with Gasteiger partial charge in [-0.25, -0.2) is 9.97 Å². The van der Waals surface area contributed by atoms with E-state index >= 15 is 0 Å². The summed E-state index contributed by atoms with van der Waals surface area (Å²) in [5, 5.41) is 15.1. The highest BCUT2D eigenvalue weighted by molar-refractivity contribution is 7.13. The molecule has 18 heavy (non-hydrogen) atoms. The summed E-state index contributed by atoms with van der Waals surface area (Å²) in [4.78, 5) is 20.2. The van der Waals surface area contributed by atoms with Crippen LogP contribution in [0.3, 0.4) is 0 Å². The van der Waals surface area contributed by atoms with Gasteiger partial charge in [-0.3, -0.25) is 4.79 Å². The van der Waals surface area contributed by atoms with Crippen LogP contribution in [0, 0.1) is 6.92 Å². The summed E-state index contributed by atoms with van der Waals surface area (Å²) in [5.41, 5.74) is 5.83. The number of aliphatic carboxylic acids is 1. The Hall–Kier alpha value is -1.51. The molecular weight excluding hydrogens is 272 g/mol. The van der Waals surface area contributed by atoms with Gasteiger partial charge in [0, 0.05) is 16.5 Å². The lowest BCUT2D eigenvalue weighted by molar-refractivity contribution is -0.138. The van der Waals surface area contributed by atoms with Gasteiger partial charge in [0.2, 0.25) is 0 Å². The van der Waals surface area contributed by atoms with Crippen molar-refractivity contribution in [1.82, 2.24) is 9.97 Å². The molecule has 0 aromatic carbocycles. The predicted octanol–water partition coefficient (Wildman–Crippen LogP) is 1.60. The van der Waals surface area contributed by atoms with Gasteiger partial charge in [-0.15, -0.1) is 22.7 Å². The quantitative estimate of drug-likeness (QED) is 0.771. The molecule has 0 amide bonds. The number of nitrogens with zero attached hydrogens (tertiary/aromatic N) is 2. The number of carboxylic acid groups (broad SMARTS) is 1. The smallest absolute Gasteiger partial charge is 0.326 e. The van der Waals surface area contributed by atoms with E-state index in [1.165, 1.54) is 11.3 Å². The van der Waals surface area contributed by atoms with E-state index in [2.05, 4.69) is 15.3 Å². The zero-order valence-electron chi connectivity index (χ0n) is 9.58. The number of aryl methyl sites for hydroxylation is 1. The molecule has 0 aliphatic rings. The normalized spacial score (nSPS) is 12.3. The minimum absolute atomic E-state index is 0.366. The molecule has 0 saturated carbocycles. The number of hydrogen-bond donors (Lipinski definition) is 3. The van der Waals surface area contributed by atoms with Crippen LogP contribution in [0.2, 0.25) is 0 Å². The van der Waals surface area contributed by atoms with E-state index in [0.29, 0.717) is 17.4 Å². The monoisotopic (exact) mass is 284 g/mol. The lowest BCUT2D eigenvalue weighted by Gasteiger charge is -2.01. The van der Waals surface area contributed by atoms with Crippen LogP contribution in [-0.2, 0) is 11.3 Å². The molecule has 0 spiro atoms. The van der Waals surface area contributed by atoms with Crippen LogP contribution in [0.15, 0.2) is 11.6 Å². The van der Waals surface area contributed by atoms with Crippen LogP contribution < -0.4 is 11.1 Å². The second-order valence-corrected chi connectivity index (χ2v) is 5.79. The Bertz CT molecular complexity index is 552. The number of nitrogens with one attached hydrogen (secondary N) is 1. The van der Waals surface area contributed by atoms with Crippen molar-refractivity contribution in [3.05, 3.63) is 27.2 Å². The zero-order valence-corrected chi connectivity index (χ0v) is 11.2. The molecule has 2 aromatic heterocycles. The van der Waals surface area contributed by atoms with E-state index in [-0.39, 0.29) is 0 Å². The van der Waals surface area contributed by atoms with Gasteiger partial charge in [0.05, 0.1) is 12.2 Å². The first-order valence-electron chi connectivity index (χ1n) is 5.15. The van der Waals surface area contributed by atoms with Crippen molar-refractivity contribution >= 4 is 33.8 Å². The van der Waals surface area contributed by atoms with E-state index in [0.717, 1.165) is 9.88 Å². The maximum absolute atomic E-state index is 10.7. The second-order valence-electron chi connectivity index (χ2n) is 3.61. The van der Waals surface area contributed by atoms with Crippen molar-refractivity contribution in [2.45, 2.75) is 19.5 Å². The van der Waals surface area contributed by atoms with E-state index in [9.17, 15) is 4.79 Å². The first kappa shape index (κ1) is 12.9. The molecule has 96 valence electrons. The third kappa shape index (κ3) is 3.03. The van der Waals surface area contributed by atoms with Gasteiger partial charge in [-0.05, 0) is 6.92 Å². The number of thiazole rings is 2.